The van der Waals surface area contributed by atoms with Crippen LogP contribution in [0.2, 0.25) is 5.02 Å². The summed E-state index contributed by atoms with van der Waals surface area (Å²) in [5.41, 5.74) is 7.30. The minimum atomic E-state index is 0.362. The van der Waals surface area contributed by atoms with E-state index >= 15 is 0 Å². The maximum absolute atomic E-state index is 6.32. The van der Waals surface area contributed by atoms with Gasteiger partial charge in [-0.1, -0.05) is 17.7 Å². The van der Waals surface area contributed by atoms with Crippen LogP contribution in [0.3, 0.4) is 0 Å². The molecular weight excluding hydrogens is 434 g/mol. The number of nitrogens with zero attached hydrogens (tertiary/aromatic N) is 5. The quantitative estimate of drug-likeness (QED) is 0.391. The molecule has 33 heavy (non-hydrogen) atoms. The SMILES string of the molecule is CCN1C=C2CC1CC2c1ccnc2c(-c3ccc(Cl)c(OC)c3)c(-c3ccncc3)nn12. The second-order valence-electron chi connectivity index (χ2n) is 8.59. The largest absolute Gasteiger partial charge is 0.495 e. The van der Waals surface area contributed by atoms with Gasteiger partial charge >= 0.3 is 0 Å². The van der Waals surface area contributed by atoms with Gasteiger partial charge in [0, 0.05) is 42.7 Å². The molecule has 166 valence electrons. The number of benzene rings is 1. The zero-order valence-electron chi connectivity index (χ0n) is 18.6. The van der Waals surface area contributed by atoms with E-state index in [1.807, 2.05) is 41.0 Å². The van der Waals surface area contributed by atoms with E-state index in [0.717, 1.165) is 47.4 Å². The van der Waals surface area contributed by atoms with Crippen molar-refractivity contribution in [2.24, 2.45) is 0 Å². The van der Waals surface area contributed by atoms with Crippen molar-refractivity contribution in [2.45, 2.75) is 31.7 Å². The maximum Gasteiger partial charge on any atom is 0.163 e. The Labute approximate surface area is 197 Å². The average Bonchev–Trinajstić information content (AvgIpc) is 3.57. The smallest absolute Gasteiger partial charge is 0.163 e. The molecule has 1 aromatic carbocycles. The predicted octanol–water partition coefficient (Wildman–Crippen LogP) is 5.59. The number of methoxy groups -OCH3 is 1. The first-order chi connectivity index (χ1) is 16.2. The molecule has 2 bridgehead atoms. The van der Waals surface area contributed by atoms with Gasteiger partial charge in [-0.15, -0.1) is 0 Å². The number of halogens is 1. The van der Waals surface area contributed by atoms with Crippen molar-refractivity contribution >= 4 is 17.2 Å². The molecule has 1 aliphatic heterocycles. The third-order valence-electron chi connectivity index (χ3n) is 6.89. The summed E-state index contributed by atoms with van der Waals surface area (Å²) in [6.07, 6.45) is 10.1. The average molecular weight is 458 g/mol. The summed E-state index contributed by atoms with van der Waals surface area (Å²) in [5, 5.41) is 5.69. The third-order valence-corrected chi connectivity index (χ3v) is 7.20. The Balaban J connectivity index is 1.58. The van der Waals surface area contributed by atoms with Gasteiger partial charge in [0.05, 0.1) is 23.4 Å². The van der Waals surface area contributed by atoms with Crippen molar-refractivity contribution in [3.05, 3.63) is 77.5 Å². The summed E-state index contributed by atoms with van der Waals surface area (Å²) in [4.78, 5) is 11.4. The lowest BCUT2D eigenvalue weighted by molar-refractivity contribution is 0.298. The number of hydrogen-bond donors (Lipinski definition) is 0. The van der Waals surface area contributed by atoms with Crippen LogP contribution in [0.15, 0.2) is 66.8 Å². The molecule has 1 saturated carbocycles. The van der Waals surface area contributed by atoms with Crippen molar-refractivity contribution in [2.75, 3.05) is 13.7 Å². The number of fused-ring (bicyclic) bond motifs is 3. The van der Waals surface area contributed by atoms with E-state index in [1.165, 1.54) is 11.3 Å². The fraction of sp³-hybridized carbons (Fsp3) is 0.269. The number of pyridine rings is 1. The van der Waals surface area contributed by atoms with Gasteiger partial charge in [0.25, 0.3) is 0 Å². The maximum atomic E-state index is 6.32. The molecule has 7 heteroatoms. The Morgan fingerprint density at radius 3 is 2.67 bits per heavy atom. The van der Waals surface area contributed by atoms with Crippen LogP contribution < -0.4 is 4.74 Å². The van der Waals surface area contributed by atoms with Crippen LogP contribution in [-0.2, 0) is 0 Å². The molecule has 4 aromatic rings. The first-order valence-corrected chi connectivity index (χ1v) is 11.6. The first-order valence-electron chi connectivity index (χ1n) is 11.3. The van der Waals surface area contributed by atoms with Gasteiger partial charge in [-0.05, 0) is 67.4 Å². The topological polar surface area (TPSA) is 55.5 Å². The fourth-order valence-electron chi connectivity index (χ4n) is 5.32. The lowest BCUT2D eigenvalue weighted by atomic mass is 9.97. The molecule has 6 nitrogen and oxygen atoms in total. The van der Waals surface area contributed by atoms with Crippen LogP contribution in [0.25, 0.3) is 28.0 Å². The number of ether oxygens (including phenoxy) is 1. The van der Waals surface area contributed by atoms with Crippen molar-refractivity contribution in [3.8, 4) is 28.1 Å². The Morgan fingerprint density at radius 2 is 1.94 bits per heavy atom. The molecular formula is C26H24ClN5O. The van der Waals surface area contributed by atoms with Crippen LogP contribution >= 0.6 is 11.6 Å². The molecule has 0 spiro atoms. The van der Waals surface area contributed by atoms with Crippen molar-refractivity contribution < 1.29 is 4.74 Å². The number of hydrogen-bond acceptors (Lipinski definition) is 5. The highest BCUT2D eigenvalue weighted by Crippen LogP contribution is 2.47. The third kappa shape index (κ3) is 3.20. The number of aromatic nitrogens is 4. The highest BCUT2D eigenvalue weighted by atomic mass is 35.5. The minimum absolute atomic E-state index is 0.362. The highest BCUT2D eigenvalue weighted by Gasteiger charge is 2.39. The monoisotopic (exact) mass is 457 g/mol. The number of rotatable bonds is 5. The predicted molar refractivity (Wildman–Crippen MR) is 129 cm³/mol. The van der Waals surface area contributed by atoms with Crippen LogP contribution in [0.5, 0.6) is 5.75 Å². The minimum Gasteiger partial charge on any atom is -0.495 e. The van der Waals surface area contributed by atoms with Crippen LogP contribution in [-0.4, -0.2) is 44.2 Å². The van der Waals surface area contributed by atoms with Crippen LogP contribution in [0.1, 0.15) is 31.4 Å². The molecule has 0 amide bonds. The lowest BCUT2D eigenvalue weighted by Gasteiger charge is -2.27. The Bertz CT molecular complexity index is 1380. The summed E-state index contributed by atoms with van der Waals surface area (Å²) in [6, 6.07) is 12.5. The van der Waals surface area contributed by atoms with Gasteiger partial charge in [-0.3, -0.25) is 4.98 Å². The summed E-state index contributed by atoms with van der Waals surface area (Å²) in [6.45, 7) is 3.28. The van der Waals surface area contributed by atoms with E-state index in [9.17, 15) is 0 Å². The molecule has 0 saturated heterocycles. The molecule has 2 unspecified atom stereocenters. The molecule has 3 aromatic heterocycles. The zero-order valence-corrected chi connectivity index (χ0v) is 19.3. The molecule has 0 N–H and O–H groups in total. The second-order valence-corrected chi connectivity index (χ2v) is 9.00. The second kappa shape index (κ2) is 7.89. The molecule has 4 heterocycles. The molecule has 2 aliphatic rings. The summed E-state index contributed by atoms with van der Waals surface area (Å²) >= 11 is 6.32. The Hall–Kier alpha value is -3.38. The van der Waals surface area contributed by atoms with Gasteiger partial charge in [0.15, 0.2) is 5.65 Å². The van der Waals surface area contributed by atoms with Crippen LogP contribution in [0.4, 0.5) is 0 Å². The van der Waals surface area contributed by atoms with Gasteiger partial charge in [-0.25, -0.2) is 9.50 Å². The van der Waals surface area contributed by atoms with Gasteiger partial charge in [0.1, 0.15) is 11.4 Å². The van der Waals surface area contributed by atoms with Gasteiger partial charge < -0.3 is 9.64 Å². The highest BCUT2D eigenvalue weighted by molar-refractivity contribution is 6.32. The zero-order chi connectivity index (χ0) is 22.5. The summed E-state index contributed by atoms with van der Waals surface area (Å²) < 4.78 is 7.54. The molecule has 0 radical (unpaired) electrons. The first kappa shape index (κ1) is 20.2. The van der Waals surface area contributed by atoms with E-state index in [1.54, 1.807) is 19.5 Å². The van der Waals surface area contributed by atoms with Crippen LogP contribution in [0, 0.1) is 0 Å². The van der Waals surface area contributed by atoms with E-state index < -0.39 is 0 Å². The normalized spacial score (nSPS) is 19.4. The Kier molecular flexibility index (Phi) is 4.84. The summed E-state index contributed by atoms with van der Waals surface area (Å²) in [5.74, 6) is 0.990. The molecule has 2 atom stereocenters. The van der Waals surface area contributed by atoms with E-state index in [0.29, 0.717) is 22.7 Å². The van der Waals surface area contributed by atoms with E-state index in [4.69, 9.17) is 26.4 Å². The van der Waals surface area contributed by atoms with Crippen molar-refractivity contribution in [3.63, 3.8) is 0 Å². The summed E-state index contributed by atoms with van der Waals surface area (Å²) in [7, 11) is 1.63. The van der Waals surface area contributed by atoms with Gasteiger partial charge in [0.2, 0.25) is 0 Å². The standard InChI is InChI=1S/C26H24ClN5O/c1-3-31-15-18-12-19(31)14-20(18)22-8-11-29-26-24(17-4-5-21(27)23(13-17)33-2)25(30-32(22)26)16-6-9-28-10-7-16/h4-11,13,15,19-20H,3,12,14H2,1-2H3. The lowest BCUT2D eigenvalue weighted by Crippen LogP contribution is -2.27. The van der Waals surface area contributed by atoms with E-state index in [2.05, 4.69) is 29.1 Å². The molecule has 1 aliphatic carbocycles. The van der Waals surface area contributed by atoms with E-state index in [-0.39, 0.29) is 0 Å². The molecule has 1 fully saturated rings. The van der Waals surface area contributed by atoms with Crippen molar-refractivity contribution in [1.29, 1.82) is 0 Å². The Morgan fingerprint density at radius 1 is 1.09 bits per heavy atom. The fourth-order valence-corrected chi connectivity index (χ4v) is 5.51. The van der Waals surface area contributed by atoms with Gasteiger partial charge in [-0.2, -0.15) is 5.10 Å². The molecule has 6 rings (SSSR count). The van der Waals surface area contributed by atoms with Crippen molar-refractivity contribution in [1.82, 2.24) is 24.5 Å².